The maximum atomic E-state index is 4.52. The highest BCUT2D eigenvalue weighted by Gasteiger charge is 2.17. The maximum Gasteiger partial charge on any atom is 0.0981 e. The monoisotopic (exact) mass is 317 g/mol. The van der Waals surface area contributed by atoms with E-state index in [4.69, 9.17) is 0 Å². The summed E-state index contributed by atoms with van der Waals surface area (Å²) >= 11 is 3.52. The van der Waals surface area contributed by atoms with Gasteiger partial charge in [-0.05, 0) is 25.1 Å². The zero-order valence-corrected chi connectivity index (χ0v) is 14.4. The molecule has 0 radical (unpaired) electrons. The Kier molecular flexibility index (Phi) is 3.71. The topological polar surface area (TPSA) is 37.8 Å². The summed E-state index contributed by atoms with van der Waals surface area (Å²) in [6.07, 6.45) is 1.98. The molecule has 0 saturated carbocycles. The number of hydrogen-bond donors (Lipinski definition) is 1. The van der Waals surface area contributed by atoms with Gasteiger partial charge in [0.25, 0.3) is 0 Å². The molecule has 0 aliphatic heterocycles. The first-order valence-electron chi connectivity index (χ1n) is 6.98. The molecule has 1 aromatic carbocycles. The molecule has 5 heteroatoms. The Morgan fingerprint density at radius 2 is 2.00 bits per heavy atom. The van der Waals surface area contributed by atoms with Crippen molar-refractivity contribution < 1.29 is 0 Å². The van der Waals surface area contributed by atoms with Gasteiger partial charge in [0.15, 0.2) is 0 Å². The van der Waals surface area contributed by atoms with Crippen LogP contribution in [0.15, 0.2) is 24.4 Å². The highest BCUT2D eigenvalue weighted by molar-refractivity contribution is 7.18. The first-order chi connectivity index (χ1) is 9.91. The molecule has 3 aromatic rings. The molecule has 2 heterocycles. The van der Waals surface area contributed by atoms with Crippen LogP contribution in [0.25, 0.3) is 10.2 Å². The standard InChI is InChI=1S/C16H19N3S2/c1-10-19-13-6-5-11(7-14(13)20-10)17-8-12-9-18-15(21-12)16(2,3)4/h5-7,9,17H,8H2,1-4H3. The quantitative estimate of drug-likeness (QED) is 0.741. The van der Waals surface area contributed by atoms with Crippen molar-refractivity contribution in [2.75, 3.05) is 5.32 Å². The first kappa shape index (κ1) is 14.5. The predicted molar refractivity (Wildman–Crippen MR) is 92.5 cm³/mol. The van der Waals surface area contributed by atoms with Gasteiger partial charge in [-0.1, -0.05) is 20.8 Å². The lowest BCUT2D eigenvalue weighted by Crippen LogP contribution is -2.09. The van der Waals surface area contributed by atoms with Crippen molar-refractivity contribution in [3.05, 3.63) is 39.3 Å². The van der Waals surface area contributed by atoms with Gasteiger partial charge >= 0.3 is 0 Å². The van der Waals surface area contributed by atoms with E-state index in [1.165, 1.54) is 14.6 Å². The van der Waals surface area contributed by atoms with Crippen molar-refractivity contribution in [1.82, 2.24) is 9.97 Å². The Morgan fingerprint density at radius 3 is 2.71 bits per heavy atom. The molecule has 3 rings (SSSR count). The number of aromatic nitrogens is 2. The molecule has 0 fully saturated rings. The Hall–Kier alpha value is -1.46. The lowest BCUT2D eigenvalue weighted by atomic mass is 9.98. The van der Waals surface area contributed by atoms with Crippen LogP contribution in [-0.2, 0) is 12.0 Å². The Bertz CT molecular complexity index is 765. The summed E-state index contributed by atoms with van der Waals surface area (Å²) in [4.78, 5) is 10.3. The van der Waals surface area contributed by atoms with Crippen LogP contribution in [0.3, 0.4) is 0 Å². The van der Waals surface area contributed by atoms with E-state index in [-0.39, 0.29) is 5.41 Å². The number of hydrogen-bond acceptors (Lipinski definition) is 5. The average molecular weight is 317 g/mol. The lowest BCUT2D eigenvalue weighted by molar-refractivity contribution is 0.585. The number of nitrogens with zero attached hydrogens (tertiary/aromatic N) is 2. The van der Waals surface area contributed by atoms with E-state index in [0.717, 1.165) is 22.8 Å². The Labute approximate surface area is 133 Å². The van der Waals surface area contributed by atoms with E-state index in [2.05, 4.69) is 54.3 Å². The molecule has 1 N–H and O–H groups in total. The van der Waals surface area contributed by atoms with E-state index < -0.39 is 0 Å². The van der Waals surface area contributed by atoms with Crippen molar-refractivity contribution in [1.29, 1.82) is 0 Å². The zero-order chi connectivity index (χ0) is 15.0. The number of benzene rings is 1. The summed E-state index contributed by atoms with van der Waals surface area (Å²) in [5.41, 5.74) is 2.34. The molecular formula is C16H19N3S2. The summed E-state index contributed by atoms with van der Waals surface area (Å²) in [6, 6.07) is 6.34. The van der Waals surface area contributed by atoms with Crippen LogP contribution in [-0.4, -0.2) is 9.97 Å². The van der Waals surface area contributed by atoms with Gasteiger partial charge in [0.2, 0.25) is 0 Å². The summed E-state index contributed by atoms with van der Waals surface area (Å²) < 4.78 is 1.23. The summed E-state index contributed by atoms with van der Waals surface area (Å²) in [5.74, 6) is 0. The predicted octanol–water partition coefficient (Wildman–Crippen LogP) is 4.97. The van der Waals surface area contributed by atoms with Crippen molar-refractivity contribution >= 4 is 38.6 Å². The maximum absolute atomic E-state index is 4.52. The molecule has 0 amide bonds. The summed E-state index contributed by atoms with van der Waals surface area (Å²) in [6.45, 7) is 9.45. The van der Waals surface area contributed by atoms with Crippen LogP contribution >= 0.6 is 22.7 Å². The minimum Gasteiger partial charge on any atom is -0.380 e. The fraction of sp³-hybridized carbons (Fsp3) is 0.375. The SMILES string of the molecule is Cc1nc2ccc(NCc3cnc(C(C)(C)C)s3)cc2s1. The number of nitrogens with one attached hydrogen (secondary N) is 1. The third-order valence-electron chi connectivity index (χ3n) is 3.16. The largest absolute Gasteiger partial charge is 0.380 e. The molecule has 0 atom stereocenters. The van der Waals surface area contributed by atoms with Gasteiger partial charge in [-0.2, -0.15) is 0 Å². The van der Waals surface area contributed by atoms with Gasteiger partial charge in [0.1, 0.15) is 0 Å². The molecule has 0 aliphatic carbocycles. The van der Waals surface area contributed by atoms with Crippen LogP contribution in [0.5, 0.6) is 0 Å². The number of thiazole rings is 2. The molecule has 21 heavy (non-hydrogen) atoms. The van der Waals surface area contributed by atoms with Crippen LogP contribution in [0.2, 0.25) is 0 Å². The lowest BCUT2D eigenvalue weighted by Gasteiger charge is -2.13. The van der Waals surface area contributed by atoms with Crippen molar-refractivity contribution in [2.45, 2.75) is 39.7 Å². The summed E-state index contributed by atoms with van der Waals surface area (Å²) in [5, 5.41) is 5.77. The normalized spacial score (nSPS) is 12.0. The smallest absolute Gasteiger partial charge is 0.0981 e. The average Bonchev–Trinajstić information content (AvgIpc) is 3.00. The second-order valence-corrected chi connectivity index (χ2v) is 8.50. The number of anilines is 1. The molecule has 0 bridgehead atoms. The Morgan fingerprint density at radius 1 is 1.19 bits per heavy atom. The van der Waals surface area contributed by atoms with Crippen LogP contribution in [0.1, 0.15) is 35.7 Å². The van der Waals surface area contributed by atoms with Gasteiger partial charge < -0.3 is 5.32 Å². The zero-order valence-electron chi connectivity index (χ0n) is 12.7. The van der Waals surface area contributed by atoms with E-state index in [1.54, 1.807) is 22.7 Å². The van der Waals surface area contributed by atoms with Crippen LogP contribution in [0.4, 0.5) is 5.69 Å². The molecule has 0 aliphatic rings. The second kappa shape index (κ2) is 5.39. The molecule has 2 aromatic heterocycles. The van der Waals surface area contributed by atoms with E-state index in [9.17, 15) is 0 Å². The highest BCUT2D eigenvalue weighted by Crippen LogP contribution is 2.28. The third kappa shape index (κ3) is 3.24. The van der Waals surface area contributed by atoms with Gasteiger partial charge in [0.05, 0.1) is 26.8 Å². The van der Waals surface area contributed by atoms with Crippen molar-refractivity contribution in [2.24, 2.45) is 0 Å². The summed E-state index contributed by atoms with van der Waals surface area (Å²) in [7, 11) is 0. The fourth-order valence-electron chi connectivity index (χ4n) is 2.07. The van der Waals surface area contributed by atoms with Crippen LogP contribution < -0.4 is 5.32 Å². The highest BCUT2D eigenvalue weighted by atomic mass is 32.1. The van der Waals surface area contributed by atoms with Gasteiger partial charge in [0, 0.05) is 22.2 Å². The van der Waals surface area contributed by atoms with Crippen molar-refractivity contribution in [3.63, 3.8) is 0 Å². The number of rotatable bonds is 3. The molecule has 0 spiro atoms. The molecule has 3 nitrogen and oxygen atoms in total. The van der Waals surface area contributed by atoms with E-state index in [1.807, 2.05) is 13.1 Å². The van der Waals surface area contributed by atoms with Crippen LogP contribution in [0, 0.1) is 6.92 Å². The van der Waals surface area contributed by atoms with Gasteiger partial charge in [-0.15, -0.1) is 22.7 Å². The molecule has 0 unspecified atom stereocenters. The van der Waals surface area contributed by atoms with E-state index in [0.29, 0.717) is 0 Å². The minimum absolute atomic E-state index is 0.127. The minimum atomic E-state index is 0.127. The van der Waals surface area contributed by atoms with Gasteiger partial charge in [-0.3, -0.25) is 0 Å². The van der Waals surface area contributed by atoms with Gasteiger partial charge in [-0.25, -0.2) is 9.97 Å². The fourth-order valence-corrected chi connectivity index (χ4v) is 3.85. The number of aryl methyl sites for hydroxylation is 1. The number of fused-ring (bicyclic) bond motifs is 1. The van der Waals surface area contributed by atoms with Crippen molar-refractivity contribution in [3.8, 4) is 0 Å². The molecular weight excluding hydrogens is 298 g/mol. The molecule has 110 valence electrons. The molecule has 0 saturated heterocycles. The van der Waals surface area contributed by atoms with E-state index >= 15 is 0 Å². The third-order valence-corrected chi connectivity index (χ3v) is 5.51. The second-order valence-electron chi connectivity index (χ2n) is 6.15. The first-order valence-corrected chi connectivity index (χ1v) is 8.61. The Balaban J connectivity index is 1.72.